The van der Waals surface area contributed by atoms with Crippen LogP contribution in [0.2, 0.25) is 0 Å². The van der Waals surface area contributed by atoms with Gasteiger partial charge in [0.1, 0.15) is 11.5 Å². The molecular weight excluding hydrogens is 334 g/mol. The first-order valence-electron chi connectivity index (χ1n) is 8.39. The van der Waals surface area contributed by atoms with Gasteiger partial charge in [-0.2, -0.15) is 0 Å². The topological polar surface area (TPSA) is 87.3 Å². The highest BCUT2D eigenvalue weighted by Gasteiger charge is 2.28. The molecule has 7 nitrogen and oxygen atoms in total. The summed E-state index contributed by atoms with van der Waals surface area (Å²) >= 11 is 0. The summed E-state index contributed by atoms with van der Waals surface area (Å²) in [6.45, 7) is 0.250. The molecule has 0 aliphatic carbocycles. The van der Waals surface area contributed by atoms with Crippen molar-refractivity contribution in [1.82, 2.24) is 5.32 Å². The van der Waals surface area contributed by atoms with Crippen molar-refractivity contribution < 1.29 is 18.9 Å². The summed E-state index contributed by atoms with van der Waals surface area (Å²) in [4.78, 5) is 4.57. The van der Waals surface area contributed by atoms with Crippen LogP contribution in [0.4, 0.5) is 0 Å². The molecule has 2 atom stereocenters. The van der Waals surface area contributed by atoms with Gasteiger partial charge in [-0.3, -0.25) is 0 Å². The van der Waals surface area contributed by atoms with Crippen LogP contribution in [0, 0.1) is 0 Å². The predicted octanol–water partition coefficient (Wildman–Crippen LogP) is 2.52. The van der Waals surface area contributed by atoms with Crippen molar-refractivity contribution in [2.75, 3.05) is 21.0 Å². The Hall–Kier alpha value is -3.09. The molecule has 0 amide bonds. The third-order valence-corrected chi connectivity index (χ3v) is 4.67. The van der Waals surface area contributed by atoms with E-state index in [1.807, 2.05) is 36.4 Å². The third kappa shape index (κ3) is 2.96. The van der Waals surface area contributed by atoms with Crippen molar-refractivity contribution in [2.24, 2.45) is 10.7 Å². The smallest absolute Gasteiger partial charge is 0.231 e. The minimum Gasteiger partial charge on any atom is -0.497 e. The summed E-state index contributed by atoms with van der Waals surface area (Å²) in [6.07, 6.45) is 0.726. The van der Waals surface area contributed by atoms with Crippen LogP contribution >= 0.6 is 0 Å². The monoisotopic (exact) mass is 355 g/mol. The third-order valence-electron chi connectivity index (χ3n) is 4.67. The molecule has 0 fully saturated rings. The number of fused-ring (bicyclic) bond motifs is 1. The largest absolute Gasteiger partial charge is 0.497 e. The quantitative estimate of drug-likeness (QED) is 0.876. The Morgan fingerprint density at radius 2 is 1.92 bits per heavy atom. The van der Waals surface area contributed by atoms with Crippen LogP contribution in [-0.4, -0.2) is 27.0 Å². The Morgan fingerprint density at radius 3 is 2.73 bits per heavy atom. The maximum Gasteiger partial charge on any atom is 0.231 e. The number of nitrogens with two attached hydrogens (primary N) is 1. The van der Waals surface area contributed by atoms with Crippen LogP contribution in [0.5, 0.6) is 23.0 Å². The number of benzene rings is 2. The second-order valence-electron chi connectivity index (χ2n) is 6.18. The van der Waals surface area contributed by atoms with E-state index in [0.29, 0.717) is 5.96 Å². The van der Waals surface area contributed by atoms with Crippen LogP contribution in [0.15, 0.2) is 41.4 Å². The molecule has 3 N–H and O–H groups in total. The molecule has 2 aliphatic rings. The second-order valence-corrected chi connectivity index (χ2v) is 6.18. The highest BCUT2D eigenvalue weighted by Crippen LogP contribution is 2.40. The minimum absolute atomic E-state index is 0.0482. The number of hydrogen-bond donors (Lipinski definition) is 2. The fourth-order valence-electron chi connectivity index (χ4n) is 3.37. The Labute approximate surface area is 151 Å². The molecule has 7 heteroatoms. The van der Waals surface area contributed by atoms with Gasteiger partial charge in [0.05, 0.1) is 26.3 Å². The fraction of sp³-hybridized carbons (Fsp3) is 0.316. The van der Waals surface area contributed by atoms with Gasteiger partial charge in [-0.15, -0.1) is 0 Å². The zero-order valence-corrected chi connectivity index (χ0v) is 14.7. The molecule has 0 aromatic heterocycles. The van der Waals surface area contributed by atoms with E-state index >= 15 is 0 Å². The molecular formula is C19H21N3O4. The zero-order chi connectivity index (χ0) is 18.1. The number of rotatable bonds is 4. The van der Waals surface area contributed by atoms with E-state index in [1.54, 1.807) is 14.2 Å². The molecule has 136 valence electrons. The van der Waals surface area contributed by atoms with E-state index in [2.05, 4.69) is 10.3 Å². The first-order chi connectivity index (χ1) is 12.7. The van der Waals surface area contributed by atoms with Crippen LogP contribution in [-0.2, 0) is 0 Å². The average Bonchev–Trinajstić information content (AvgIpc) is 3.14. The molecule has 0 radical (unpaired) electrons. The van der Waals surface area contributed by atoms with E-state index in [1.165, 1.54) is 0 Å². The van der Waals surface area contributed by atoms with Crippen LogP contribution in [0.1, 0.15) is 29.6 Å². The van der Waals surface area contributed by atoms with Gasteiger partial charge in [0, 0.05) is 5.56 Å². The molecule has 0 bridgehead atoms. The van der Waals surface area contributed by atoms with E-state index in [9.17, 15) is 0 Å². The van der Waals surface area contributed by atoms with Gasteiger partial charge in [-0.25, -0.2) is 4.99 Å². The number of guanidine groups is 1. The fourth-order valence-corrected chi connectivity index (χ4v) is 3.37. The Bertz CT molecular complexity index is 853. The van der Waals surface area contributed by atoms with Crippen molar-refractivity contribution >= 4 is 5.96 Å². The molecule has 0 saturated heterocycles. The SMILES string of the molecule is COc1ccc(OC)c(C2CC(c3ccc4c(c3)OCO4)N=C(N)N2)c1. The lowest BCUT2D eigenvalue weighted by molar-refractivity contribution is 0.174. The van der Waals surface area contributed by atoms with Gasteiger partial charge in [0.2, 0.25) is 6.79 Å². The van der Waals surface area contributed by atoms with Crippen LogP contribution in [0.3, 0.4) is 0 Å². The van der Waals surface area contributed by atoms with E-state index < -0.39 is 0 Å². The number of nitrogens with zero attached hydrogens (tertiary/aromatic N) is 1. The highest BCUT2D eigenvalue weighted by atomic mass is 16.7. The van der Waals surface area contributed by atoms with Gasteiger partial charge in [0.25, 0.3) is 0 Å². The maximum atomic E-state index is 6.08. The number of hydrogen-bond acceptors (Lipinski definition) is 7. The molecule has 2 unspecified atom stereocenters. The summed E-state index contributed by atoms with van der Waals surface area (Å²) in [5.74, 6) is 3.44. The highest BCUT2D eigenvalue weighted by molar-refractivity contribution is 5.79. The first-order valence-corrected chi connectivity index (χ1v) is 8.39. The lowest BCUT2D eigenvalue weighted by atomic mass is 9.93. The molecule has 2 aromatic carbocycles. The summed E-state index contributed by atoms with van der Waals surface area (Å²) < 4.78 is 21.7. The predicted molar refractivity (Wildman–Crippen MR) is 97.0 cm³/mol. The minimum atomic E-state index is -0.0911. The number of nitrogens with one attached hydrogen (secondary N) is 1. The summed E-state index contributed by atoms with van der Waals surface area (Å²) in [5.41, 5.74) is 8.09. The van der Waals surface area contributed by atoms with Crippen molar-refractivity contribution in [3.05, 3.63) is 47.5 Å². The Balaban J connectivity index is 1.66. The first kappa shape index (κ1) is 16.4. The van der Waals surface area contributed by atoms with Gasteiger partial charge in [0.15, 0.2) is 17.5 Å². The number of aliphatic imine (C=N–C) groups is 1. The lowest BCUT2D eigenvalue weighted by Gasteiger charge is -2.30. The van der Waals surface area contributed by atoms with E-state index in [0.717, 1.165) is 40.5 Å². The lowest BCUT2D eigenvalue weighted by Crippen LogP contribution is -2.39. The van der Waals surface area contributed by atoms with Gasteiger partial charge < -0.3 is 30.0 Å². The van der Waals surface area contributed by atoms with Crippen molar-refractivity contribution in [3.8, 4) is 23.0 Å². The molecule has 4 rings (SSSR count). The Morgan fingerprint density at radius 1 is 1.08 bits per heavy atom. The maximum absolute atomic E-state index is 6.08. The van der Waals surface area contributed by atoms with Crippen LogP contribution in [0.25, 0.3) is 0 Å². The normalized spacial score (nSPS) is 20.9. The van der Waals surface area contributed by atoms with Gasteiger partial charge >= 0.3 is 0 Å². The summed E-state index contributed by atoms with van der Waals surface area (Å²) in [7, 11) is 3.30. The molecule has 2 aromatic rings. The Kier molecular flexibility index (Phi) is 4.20. The molecule has 2 aliphatic heterocycles. The van der Waals surface area contributed by atoms with E-state index in [-0.39, 0.29) is 18.9 Å². The molecule has 0 spiro atoms. The molecule has 0 saturated carbocycles. The van der Waals surface area contributed by atoms with Gasteiger partial charge in [-0.05, 0) is 42.3 Å². The number of methoxy groups -OCH3 is 2. The van der Waals surface area contributed by atoms with Crippen LogP contribution < -0.4 is 30.0 Å². The average molecular weight is 355 g/mol. The number of ether oxygens (including phenoxy) is 4. The zero-order valence-electron chi connectivity index (χ0n) is 14.7. The standard InChI is InChI=1S/C19H21N3O4/c1-23-12-4-6-16(24-2)13(8-12)15-9-14(21-19(20)22-15)11-3-5-17-18(7-11)26-10-25-17/h3-8,14-15H,9-10H2,1-2H3,(H3,20,21,22). The summed E-state index contributed by atoms with van der Waals surface area (Å²) in [5, 5.41) is 3.25. The van der Waals surface area contributed by atoms with Crippen molar-refractivity contribution in [2.45, 2.75) is 18.5 Å². The molecule has 26 heavy (non-hydrogen) atoms. The van der Waals surface area contributed by atoms with E-state index in [4.69, 9.17) is 24.7 Å². The van der Waals surface area contributed by atoms with Crippen molar-refractivity contribution in [1.29, 1.82) is 0 Å². The molecule has 2 heterocycles. The summed E-state index contributed by atoms with van der Waals surface area (Å²) in [6, 6.07) is 11.5. The van der Waals surface area contributed by atoms with Crippen molar-refractivity contribution in [3.63, 3.8) is 0 Å². The van der Waals surface area contributed by atoms with Gasteiger partial charge in [-0.1, -0.05) is 6.07 Å². The second kappa shape index (κ2) is 6.67.